The van der Waals surface area contributed by atoms with E-state index in [0.717, 1.165) is 28.1 Å². The van der Waals surface area contributed by atoms with Crippen molar-refractivity contribution in [2.24, 2.45) is 0 Å². The Balaban J connectivity index is 2.53. The molecule has 2 aromatic carbocycles. The van der Waals surface area contributed by atoms with Gasteiger partial charge in [-0.05, 0) is 24.3 Å². The van der Waals surface area contributed by atoms with E-state index in [4.69, 9.17) is 0 Å². The molecule has 1 aromatic heterocycles. The van der Waals surface area contributed by atoms with E-state index in [1.54, 1.807) is 6.07 Å². The lowest BCUT2D eigenvalue weighted by molar-refractivity contribution is 0.112. The zero-order valence-corrected chi connectivity index (χ0v) is 9.13. The topological polar surface area (TPSA) is 42.2 Å². The quantitative estimate of drug-likeness (QED) is 0.681. The van der Waals surface area contributed by atoms with Crippen LogP contribution < -0.4 is 0 Å². The van der Waals surface area contributed by atoms with Crippen LogP contribution in [0, 0.1) is 0 Å². The van der Waals surface area contributed by atoms with Crippen LogP contribution >= 0.6 is 0 Å². The van der Waals surface area contributed by atoms with E-state index in [-0.39, 0.29) is 6.73 Å². The third kappa shape index (κ3) is 1.36. The number of rotatable bonds is 2. The van der Waals surface area contributed by atoms with Crippen LogP contribution in [0.2, 0.25) is 0 Å². The van der Waals surface area contributed by atoms with E-state index in [2.05, 4.69) is 0 Å². The summed E-state index contributed by atoms with van der Waals surface area (Å²) >= 11 is 0. The summed E-state index contributed by atoms with van der Waals surface area (Å²) < 4.78 is 1.83. The van der Waals surface area contributed by atoms with Gasteiger partial charge in [0.05, 0.1) is 11.0 Å². The smallest absolute Gasteiger partial charge is 0.150 e. The molecule has 0 spiro atoms. The van der Waals surface area contributed by atoms with Crippen LogP contribution in [0.3, 0.4) is 0 Å². The molecule has 3 rings (SSSR count). The van der Waals surface area contributed by atoms with E-state index < -0.39 is 0 Å². The highest BCUT2D eigenvalue weighted by Crippen LogP contribution is 2.28. The van der Waals surface area contributed by atoms with Crippen LogP contribution in [0.4, 0.5) is 0 Å². The molecular formula is C14H11NO2. The number of hydrogen-bond donors (Lipinski definition) is 1. The predicted molar refractivity (Wildman–Crippen MR) is 67.1 cm³/mol. The lowest BCUT2D eigenvalue weighted by Gasteiger charge is -2.01. The van der Waals surface area contributed by atoms with Crippen LogP contribution in [-0.4, -0.2) is 16.0 Å². The summed E-state index contributed by atoms with van der Waals surface area (Å²) in [6, 6.07) is 13.3. The van der Waals surface area contributed by atoms with Crippen LogP contribution in [0.15, 0.2) is 42.5 Å². The van der Waals surface area contributed by atoms with Crippen molar-refractivity contribution in [2.75, 3.05) is 0 Å². The molecule has 17 heavy (non-hydrogen) atoms. The fourth-order valence-electron chi connectivity index (χ4n) is 2.30. The summed E-state index contributed by atoms with van der Waals surface area (Å²) in [6.45, 7) is -0.0650. The Morgan fingerprint density at radius 1 is 1.06 bits per heavy atom. The van der Waals surface area contributed by atoms with E-state index in [0.29, 0.717) is 5.56 Å². The molecule has 0 saturated heterocycles. The molecule has 0 amide bonds. The van der Waals surface area contributed by atoms with E-state index >= 15 is 0 Å². The molecule has 1 N–H and O–H groups in total. The minimum absolute atomic E-state index is 0.0650. The van der Waals surface area contributed by atoms with Crippen molar-refractivity contribution in [3.05, 3.63) is 48.0 Å². The maximum atomic E-state index is 10.8. The van der Waals surface area contributed by atoms with Gasteiger partial charge >= 0.3 is 0 Å². The van der Waals surface area contributed by atoms with Gasteiger partial charge < -0.3 is 9.67 Å². The minimum Gasteiger partial charge on any atom is -0.376 e. The second-order valence-corrected chi connectivity index (χ2v) is 3.98. The van der Waals surface area contributed by atoms with Gasteiger partial charge in [-0.2, -0.15) is 0 Å². The van der Waals surface area contributed by atoms with Gasteiger partial charge in [0, 0.05) is 16.3 Å². The van der Waals surface area contributed by atoms with Gasteiger partial charge in [0.2, 0.25) is 0 Å². The molecular weight excluding hydrogens is 214 g/mol. The normalized spacial score (nSPS) is 11.1. The third-order valence-corrected chi connectivity index (χ3v) is 3.07. The third-order valence-electron chi connectivity index (χ3n) is 3.07. The molecule has 0 fully saturated rings. The number of aliphatic hydroxyl groups is 1. The van der Waals surface area contributed by atoms with Crippen molar-refractivity contribution in [3.63, 3.8) is 0 Å². The number of nitrogens with zero attached hydrogens (tertiary/aromatic N) is 1. The highest BCUT2D eigenvalue weighted by Gasteiger charge is 2.09. The molecule has 1 heterocycles. The minimum atomic E-state index is -0.0650. The molecule has 0 aliphatic carbocycles. The predicted octanol–water partition coefficient (Wildman–Crippen LogP) is 2.56. The number of carbonyl (C=O) groups is 1. The molecule has 0 unspecified atom stereocenters. The van der Waals surface area contributed by atoms with Crippen molar-refractivity contribution < 1.29 is 9.90 Å². The van der Waals surface area contributed by atoms with Crippen molar-refractivity contribution in [3.8, 4) is 0 Å². The van der Waals surface area contributed by atoms with Crippen LogP contribution in [0.5, 0.6) is 0 Å². The lowest BCUT2D eigenvalue weighted by Crippen LogP contribution is -1.95. The number of fused-ring (bicyclic) bond motifs is 3. The van der Waals surface area contributed by atoms with E-state index in [9.17, 15) is 9.90 Å². The monoisotopic (exact) mass is 225 g/mol. The Morgan fingerprint density at radius 3 is 2.59 bits per heavy atom. The number of para-hydroxylation sites is 1. The summed E-state index contributed by atoms with van der Waals surface area (Å²) in [5, 5.41) is 11.5. The first-order valence-corrected chi connectivity index (χ1v) is 5.42. The number of aldehydes is 1. The highest BCUT2D eigenvalue weighted by atomic mass is 16.3. The standard InChI is InChI=1S/C14H11NO2/c16-8-10-5-6-14-12(7-10)11-3-1-2-4-13(11)15(14)9-17/h1-8,17H,9H2. The molecule has 0 aliphatic heterocycles. The number of aliphatic hydroxyl groups excluding tert-OH is 1. The Bertz CT molecular complexity index is 713. The number of aromatic nitrogens is 1. The van der Waals surface area contributed by atoms with Crippen molar-refractivity contribution in [2.45, 2.75) is 6.73 Å². The Hall–Kier alpha value is -2.13. The lowest BCUT2D eigenvalue weighted by atomic mass is 10.1. The Labute approximate surface area is 97.9 Å². The average molecular weight is 225 g/mol. The number of hydrogen-bond acceptors (Lipinski definition) is 2. The molecule has 3 aromatic rings. The van der Waals surface area contributed by atoms with Gasteiger partial charge in [-0.15, -0.1) is 0 Å². The second-order valence-electron chi connectivity index (χ2n) is 3.98. The summed E-state index contributed by atoms with van der Waals surface area (Å²) in [6.07, 6.45) is 0.838. The number of carbonyl (C=O) groups excluding carboxylic acids is 1. The van der Waals surface area contributed by atoms with Crippen LogP contribution in [-0.2, 0) is 6.73 Å². The van der Waals surface area contributed by atoms with Crippen molar-refractivity contribution in [1.82, 2.24) is 4.57 Å². The average Bonchev–Trinajstić information content (AvgIpc) is 2.71. The SMILES string of the molecule is O=Cc1ccc2c(c1)c1ccccc1n2CO. The number of benzene rings is 2. The summed E-state index contributed by atoms with van der Waals surface area (Å²) in [7, 11) is 0. The van der Waals surface area contributed by atoms with Gasteiger partial charge in [-0.3, -0.25) is 4.79 Å². The van der Waals surface area contributed by atoms with Crippen molar-refractivity contribution >= 4 is 28.1 Å². The fourth-order valence-corrected chi connectivity index (χ4v) is 2.30. The molecule has 0 aliphatic rings. The fraction of sp³-hybridized carbons (Fsp3) is 0.0714. The summed E-state index contributed by atoms with van der Waals surface area (Å²) in [5.41, 5.74) is 2.57. The van der Waals surface area contributed by atoms with Gasteiger partial charge in [0.15, 0.2) is 0 Å². The van der Waals surface area contributed by atoms with Gasteiger partial charge in [-0.1, -0.05) is 18.2 Å². The maximum absolute atomic E-state index is 10.8. The summed E-state index contributed by atoms with van der Waals surface area (Å²) in [4.78, 5) is 10.8. The molecule has 0 saturated carbocycles. The van der Waals surface area contributed by atoms with Gasteiger partial charge in [0.25, 0.3) is 0 Å². The van der Waals surface area contributed by atoms with Crippen LogP contribution in [0.1, 0.15) is 10.4 Å². The first-order chi connectivity index (χ1) is 8.35. The zero-order valence-electron chi connectivity index (χ0n) is 9.13. The second kappa shape index (κ2) is 3.71. The molecule has 3 nitrogen and oxygen atoms in total. The molecule has 0 atom stereocenters. The first-order valence-electron chi connectivity index (χ1n) is 5.42. The zero-order chi connectivity index (χ0) is 11.8. The Kier molecular flexibility index (Phi) is 2.20. The largest absolute Gasteiger partial charge is 0.376 e. The maximum Gasteiger partial charge on any atom is 0.150 e. The van der Waals surface area contributed by atoms with Gasteiger partial charge in [0.1, 0.15) is 13.0 Å². The molecule has 3 heteroatoms. The van der Waals surface area contributed by atoms with Gasteiger partial charge in [-0.25, -0.2) is 0 Å². The van der Waals surface area contributed by atoms with Crippen LogP contribution in [0.25, 0.3) is 21.8 Å². The summed E-state index contributed by atoms with van der Waals surface area (Å²) in [5.74, 6) is 0. The van der Waals surface area contributed by atoms with Crippen molar-refractivity contribution in [1.29, 1.82) is 0 Å². The first kappa shape index (κ1) is 10.1. The molecule has 0 radical (unpaired) electrons. The molecule has 0 bridgehead atoms. The van der Waals surface area contributed by atoms with E-state index in [1.165, 1.54) is 0 Å². The highest BCUT2D eigenvalue weighted by molar-refractivity contribution is 6.09. The molecule has 84 valence electrons. The Morgan fingerprint density at radius 2 is 1.82 bits per heavy atom. The van der Waals surface area contributed by atoms with E-state index in [1.807, 2.05) is 41.0 Å².